The molecule has 1 aliphatic rings. The molecule has 1 amide bonds. The van der Waals surface area contributed by atoms with Crippen LogP contribution in [0.3, 0.4) is 0 Å². The van der Waals surface area contributed by atoms with Crippen molar-refractivity contribution in [2.45, 2.75) is 18.9 Å². The van der Waals surface area contributed by atoms with Gasteiger partial charge in [0.05, 0.1) is 6.04 Å². The molecular formula is C19H17N3O2. The molecule has 1 aliphatic carbocycles. The molecule has 2 heterocycles. The number of hydrogen-bond donors (Lipinski definition) is 0. The first-order chi connectivity index (χ1) is 11.7. The average Bonchev–Trinajstić information content (AvgIpc) is 3.28. The van der Waals surface area contributed by atoms with Crippen molar-refractivity contribution in [3.63, 3.8) is 0 Å². The van der Waals surface area contributed by atoms with Crippen LogP contribution in [0.5, 0.6) is 0 Å². The average molecular weight is 319 g/mol. The van der Waals surface area contributed by atoms with Gasteiger partial charge in [-0.05, 0) is 36.1 Å². The molecule has 0 saturated heterocycles. The van der Waals surface area contributed by atoms with E-state index in [1.807, 2.05) is 31.3 Å². The molecule has 5 heteroatoms. The summed E-state index contributed by atoms with van der Waals surface area (Å²) in [7, 11) is 1.83. The summed E-state index contributed by atoms with van der Waals surface area (Å²) in [4.78, 5) is 18.6. The monoisotopic (exact) mass is 319 g/mol. The van der Waals surface area contributed by atoms with E-state index in [0.717, 1.165) is 18.4 Å². The minimum Gasteiger partial charge on any atom is -0.355 e. The highest BCUT2D eigenvalue weighted by molar-refractivity contribution is 5.93. The lowest BCUT2D eigenvalue weighted by molar-refractivity contribution is 0.0720. The van der Waals surface area contributed by atoms with Crippen molar-refractivity contribution >= 4 is 5.91 Å². The van der Waals surface area contributed by atoms with Crippen LogP contribution in [-0.4, -0.2) is 28.0 Å². The van der Waals surface area contributed by atoms with Gasteiger partial charge in [-0.3, -0.25) is 9.78 Å². The molecule has 0 unspecified atom stereocenters. The number of aromatic nitrogens is 2. The lowest BCUT2D eigenvalue weighted by Gasteiger charge is -2.24. The summed E-state index contributed by atoms with van der Waals surface area (Å²) in [6, 6.07) is 13.8. The Morgan fingerprint density at radius 3 is 2.96 bits per heavy atom. The first-order valence-corrected chi connectivity index (χ1v) is 7.96. The topological polar surface area (TPSA) is 59.2 Å². The maximum Gasteiger partial charge on any atom is 0.276 e. The van der Waals surface area contributed by atoms with E-state index >= 15 is 0 Å². The minimum atomic E-state index is -0.129. The Hall–Kier alpha value is -2.95. The zero-order valence-electron chi connectivity index (χ0n) is 13.3. The third kappa shape index (κ3) is 2.48. The summed E-state index contributed by atoms with van der Waals surface area (Å²) in [5, 5.41) is 3.95. The van der Waals surface area contributed by atoms with Crippen LogP contribution < -0.4 is 0 Å². The molecule has 0 spiro atoms. The van der Waals surface area contributed by atoms with Gasteiger partial charge < -0.3 is 9.42 Å². The molecule has 1 atom stereocenters. The number of aryl methyl sites for hydroxylation is 1. The molecule has 1 aromatic carbocycles. The second kappa shape index (κ2) is 5.92. The van der Waals surface area contributed by atoms with Gasteiger partial charge in [0.2, 0.25) is 0 Å². The maximum absolute atomic E-state index is 12.8. The highest BCUT2D eigenvalue weighted by atomic mass is 16.5. The van der Waals surface area contributed by atoms with E-state index in [4.69, 9.17) is 4.52 Å². The van der Waals surface area contributed by atoms with E-state index in [1.165, 1.54) is 11.1 Å². The third-order valence-electron chi connectivity index (χ3n) is 4.56. The van der Waals surface area contributed by atoms with Gasteiger partial charge in [-0.15, -0.1) is 0 Å². The van der Waals surface area contributed by atoms with Crippen molar-refractivity contribution in [1.29, 1.82) is 0 Å². The highest BCUT2D eigenvalue weighted by Crippen LogP contribution is 2.35. The number of carbonyl (C=O) groups excluding carboxylic acids is 1. The summed E-state index contributed by atoms with van der Waals surface area (Å²) in [6.07, 6.45) is 5.32. The quantitative estimate of drug-likeness (QED) is 0.741. The standard InChI is InChI=1S/C19H17N3O2/c1-22(17-9-8-13-5-2-3-7-15(13)17)19(23)16-11-18(24-21-16)14-6-4-10-20-12-14/h2-7,10-12,17H,8-9H2,1H3/t17-/m0/s1. The maximum atomic E-state index is 12.8. The first kappa shape index (κ1) is 14.6. The minimum absolute atomic E-state index is 0.0900. The summed E-state index contributed by atoms with van der Waals surface area (Å²) in [5.41, 5.74) is 3.67. The summed E-state index contributed by atoms with van der Waals surface area (Å²) in [6.45, 7) is 0. The number of amides is 1. The van der Waals surface area contributed by atoms with Gasteiger partial charge in [0, 0.05) is 31.1 Å². The fraction of sp³-hybridized carbons (Fsp3) is 0.211. The zero-order valence-corrected chi connectivity index (χ0v) is 13.3. The van der Waals surface area contributed by atoms with Gasteiger partial charge in [-0.2, -0.15) is 0 Å². The molecule has 0 bridgehead atoms. The number of pyridine rings is 1. The van der Waals surface area contributed by atoms with E-state index in [1.54, 1.807) is 23.4 Å². The van der Waals surface area contributed by atoms with Crippen molar-refractivity contribution in [2.24, 2.45) is 0 Å². The Balaban J connectivity index is 1.57. The molecule has 3 aromatic rings. The fourth-order valence-corrected chi connectivity index (χ4v) is 3.28. The van der Waals surface area contributed by atoms with Crippen molar-refractivity contribution < 1.29 is 9.32 Å². The molecule has 0 saturated carbocycles. The number of carbonyl (C=O) groups is 1. The van der Waals surface area contributed by atoms with E-state index in [0.29, 0.717) is 11.5 Å². The molecular weight excluding hydrogens is 302 g/mol. The van der Waals surface area contributed by atoms with Gasteiger partial charge in [0.1, 0.15) is 0 Å². The summed E-state index contributed by atoms with van der Waals surface area (Å²) in [5.74, 6) is 0.419. The number of benzene rings is 1. The van der Waals surface area contributed by atoms with Crippen LogP contribution in [-0.2, 0) is 6.42 Å². The molecule has 0 N–H and O–H groups in total. The second-order valence-corrected chi connectivity index (χ2v) is 5.99. The Kier molecular flexibility index (Phi) is 3.61. The Morgan fingerprint density at radius 2 is 2.12 bits per heavy atom. The molecule has 2 aromatic heterocycles. The van der Waals surface area contributed by atoms with Crippen LogP contribution in [0.4, 0.5) is 0 Å². The van der Waals surface area contributed by atoms with Crippen LogP contribution >= 0.6 is 0 Å². The largest absolute Gasteiger partial charge is 0.355 e. The van der Waals surface area contributed by atoms with Crippen molar-refractivity contribution in [3.8, 4) is 11.3 Å². The second-order valence-electron chi connectivity index (χ2n) is 5.99. The molecule has 0 fully saturated rings. The summed E-state index contributed by atoms with van der Waals surface area (Å²) >= 11 is 0. The van der Waals surface area contributed by atoms with Gasteiger partial charge in [0.15, 0.2) is 11.5 Å². The zero-order chi connectivity index (χ0) is 16.5. The third-order valence-corrected chi connectivity index (χ3v) is 4.56. The predicted octanol–water partition coefficient (Wildman–Crippen LogP) is 3.50. The molecule has 120 valence electrons. The normalized spacial score (nSPS) is 16.0. The van der Waals surface area contributed by atoms with Crippen molar-refractivity contribution in [1.82, 2.24) is 15.0 Å². The molecule has 0 aliphatic heterocycles. The summed E-state index contributed by atoms with van der Waals surface area (Å²) < 4.78 is 5.32. The SMILES string of the molecule is CN(C(=O)c1cc(-c2cccnc2)on1)[C@H]1CCc2ccccc21. The molecule has 5 nitrogen and oxygen atoms in total. The number of hydrogen-bond acceptors (Lipinski definition) is 4. The smallest absolute Gasteiger partial charge is 0.276 e. The van der Waals surface area contributed by atoms with Gasteiger partial charge in [-0.1, -0.05) is 29.4 Å². The fourth-order valence-electron chi connectivity index (χ4n) is 3.28. The predicted molar refractivity (Wildman–Crippen MR) is 89.3 cm³/mol. The number of rotatable bonds is 3. The van der Waals surface area contributed by atoms with Crippen molar-refractivity contribution in [3.05, 3.63) is 71.7 Å². The van der Waals surface area contributed by atoms with Crippen LogP contribution in [0.25, 0.3) is 11.3 Å². The Morgan fingerprint density at radius 1 is 1.25 bits per heavy atom. The van der Waals surface area contributed by atoms with Crippen LogP contribution in [0.1, 0.15) is 34.1 Å². The van der Waals surface area contributed by atoms with E-state index < -0.39 is 0 Å². The highest BCUT2D eigenvalue weighted by Gasteiger charge is 2.30. The van der Waals surface area contributed by atoms with Crippen molar-refractivity contribution in [2.75, 3.05) is 7.05 Å². The van der Waals surface area contributed by atoms with E-state index in [2.05, 4.69) is 22.3 Å². The number of fused-ring (bicyclic) bond motifs is 1. The first-order valence-electron chi connectivity index (χ1n) is 7.96. The lowest BCUT2D eigenvalue weighted by Crippen LogP contribution is -2.30. The van der Waals surface area contributed by atoms with Crippen LogP contribution in [0.2, 0.25) is 0 Å². The van der Waals surface area contributed by atoms with Gasteiger partial charge in [-0.25, -0.2) is 0 Å². The molecule has 4 rings (SSSR count). The Bertz CT molecular complexity index is 873. The van der Waals surface area contributed by atoms with Gasteiger partial charge >= 0.3 is 0 Å². The molecule has 24 heavy (non-hydrogen) atoms. The van der Waals surface area contributed by atoms with E-state index in [-0.39, 0.29) is 11.9 Å². The van der Waals surface area contributed by atoms with Gasteiger partial charge in [0.25, 0.3) is 5.91 Å². The van der Waals surface area contributed by atoms with E-state index in [9.17, 15) is 4.79 Å². The van der Waals surface area contributed by atoms with Crippen LogP contribution in [0, 0.1) is 0 Å². The number of nitrogens with zero attached hydrogens (tertiary/aromatic N) is 3. The Labute approximate surface area is 139 Å². The lowest BCUT2D eigenvalue weighted by atomic mass is 10.1. The van der Waals surface area contributed by atoms with Crippen LogP contribution in [0.15, 0.2) is 59.4 Å². The molecule has 0 radical (unpaired) electrons.